The van der Waals surface area contributed by atoms with Gasteiger partial charge in [-0.2, -0.15) is 0 Å². The first kappa shape index (κ1) is 16.0. The Hall–Kier alpha value is -2.90. The molecule has 0 aromatic heterocycles. The van der Waals surface area contributed by atoms with Gasteiger partial charge in [-0.1, -0.05) is 12.1 Å². The fourth-order valence-electron chi connectivity index (χ4n) is 3.11. The van der Waals surface area contributed by atoms with Crippen LogP contribution in [0.3, 0.4) is 0 Å². The monoisotopic (exact) mass is 330 g/mol. The number of hydrogen-bond acceptors (Lipinski definition) is 4. The van der Waals surface area contributed by atoms with Crippen LogP contribution >= 0.6 is 0 Å². The van der Waals surface area contributed by atoms with Crippen LogP contribution < -0.4 is 16.4 Å². The molecule has 8 heteroatoms. The third-order valence-electron chi connectivity index (χ3n) is 4.33. The molecule has 3 rings (SSSR count). The van der Waals surface area contributed by atoms with Crippen molar-refractivity contribution in [1.29, 1.82) is 0 Å². The van der Waals surface area contributed by atoms with E-state index in [0.717, 1.165) is 0 Å². The molecule has 0 spiro atoms. The molecular formula is C16H18N4O4. The third kappa shape index (κ3) is 2.94. The number of para-hydroxylation sites is 1. The molecular weight excluding hydrogens is 312 g/mol. The largest absolute Gasteiger partial charge is 0.368 e. The maximum atomic E-state index is 12.5. The first-order valence-corrected chi connectivity index (χ1v) is 7.77. The number of hydrogen-bond donors (Lipinski definition) is 3. The van der Waals surface area contributed by atoms with Gasteiger partial charge in [0.1, 0.15) is 12.1 Å². The summed E-state index contributed by atoms with van der Waals surface area (Å²) in [5.41, 5.74) is 6.06. The molecule has 0 saturated carbocycles. The van der Waals surface area contributed by atoms with Gasteiger partial charge in [-0.3, -0.25) is 19.2 Å². The SMILES string of the molecule is NC(=O)C1CCCN1C(=O)CC1NC(=O)c2ccccc2NC1=O. The molecule has 8 nitrogen and oxygen atoms in total. The number of carbonyl (C=O) groups excluding carboxylic acids is 4. The van der Waals surface area contributed by atoms with Gasteiger partial charge in [-0.15, -0.1) is 0 Å². The zero-order valence-corrected chi connectivity index (χ0v) is 13.0. The van der Waals surface area contributed by atoms with Gasteiger partial charge in [0, 0.05) is 6.54 Å². The van der Waals surface area contributed by atoms with Gasteiger partial charge in [0.25, 0.3) is 5.91 Å². The molecule has 0 aliphatic carbocycles. The fraction of sp³-hybridized carbons (Fsp3) is 0.375. The summed E-state index contributed by atoms with van der Waals surface area (Å²) in [5.74, 6) is -1.81. The van der Waals surface area contributed by atoms with E-state index in [1.807, 2.05) is 0 Å². The Balaban J connectivity index is 1.74. The van der Waals surface area contributed by atoms with Crippen LogP contribution in [0.15, 0.2) is 24.3 Å². The van der Waals surface area contributed by atoms with Gasteiger partial charge in [0.15, 0.2) is 0 Å². The van der Waals surface area contributed by atoms with Crippen LogP contribution in [0.25, 0.3) is 0 Å². The molecule has 4 amide bonds. The van der Waals surface area contributed by atoms with Crippen LogP contribution in [-0.2, 0) is 14.4 Å². The molecule has 0 bridgehead atoms. The second-order valence-electron chi connectivity index (χ2n) is 5.91. The number of nitrogens with two attached hydrogens (primary N) is 1. The molecule has 2 atom stereocenters. The molecule has 2 aliphatic heterocycles. The number of nitrogens with zero attached hydrogens (tertiary/aromatic N) is 1. The van der Waals surface area contributed by atoms with Crippen molar-refractivity contribution < 1.29 is 19.2 Å². The smallest absolute Gasteiger partial charge is 0.254 e. The number of likely N-dealkylation sites (tertiary alicyclic amines) is 1. The van der Waals surface area contributed by atoms with E-state index < -0.39 is 29.8 Å². The molecule has 2 heterocycles. The van der Waals surface area contributed by atoms with Crippen molar-refractivity contribution in [2.24, 2.45) is 5.73 Å². The Bertz CT molecular complexity index is 718. The maximum absolute atomic E-state index is 12.5. The predicted octanol–water partition coefficient (Wildman–Crippen LogP) is -0.397. The normalized spacial score (nSPS) is 23.1. The van der Waals surface area contributed by atoms with Gasteiger partial charge in [0.2, 0.25) is 17.7 Å². The average Bonchev–Trinajstić information content (AvgIpc) is 3.00. The Kier molecular flexibility index (Phi) is 4.20. The summed E-state index contributed by atoms with van der Waals surface area (Å²) in [6.45, 7) is 0.426. The second kappa shape index (κ2) is 6.31. The Morgan fingerprint density at radius 1 is 1.25 bits per heavy atom. The van der Waals surface area contributed by atoms with Crippen LogP contribution in [0, 0.1) is 0 Å². The second-order valence-corrected chi connectivity index (χ2v) is 5.91. The number of primary amides is 1. The Labute approximate surface area is 138 Å². The first-order valence-electron chi connectivity index (χ1n) is 7.77. The summed E-state index contributed by atoms with van der Waals surface area (Å²) in [5, 5.41) is 5.22. The van der Waals surface area contributed by atoms with Crippen LogP contribution in [0.1, 0.15) is 29.6 Å². The molecule has 2 aliphatic rings. The highest BCUT2D eigenvalue weighted by Gasteiger charge is 2.36. The van der Waals surface area contributed by atoms with Crippen LogP contribution in [-0.4, -0.2) is 47.2 Å². The van der Waals surface area contributed by atoms with Crippen LogP contribution in [0.5, 0.6) is 0 Å². The van der Waals surface area contributed by atoms with Gasteiger partial charge in [-0.05, 0) is 25.0 Å². The zero-order valence-electron chi connectivity index (χ0n) is 13.0. The molecule has 4 N–H and O–H groups in total. The Morgan fingerprint density at radius 2 is 2.00 bits per heavy atom. The molecule has 0 radical (unpaired) electrons. The molecule has 1 fully saturated rings. The minimum absolute atomic E-state index is 0.213. The number of rotatable bonds is 3. The van der Waals surface area contributed by atoms with E-state index in [9.17, 15) is 19.2 Å². The summed E-state index contributed by atoms with van der Waals surface area (Å²) in [4.78, 5) is 49.8. The summed E-state index contributed by atoms with van der Waals surface area (Å²) in [6.07, 6.45) is 0.999. The standard InChI is InChI=1S/C16H18N4O4/c17-14(22)12-6-3-7-20(12)13(21)8-11-16(24)18-10-5-2-1-4-9(10)15(23)19-11/h1-2,4-5,11-12H,3,6-8H2,(H2,17,22)(H,18,24)(H,19,23). The number of fused-ring (bicyclic) bond motifs is 1. The zero-order chi connectivity index (χ0) is 17.3. The van der Waals surface area contributed by atoms with Crippen molar-refractivity contribution in [2.45, 2.75) is 31.3 Å². The topological polar surface area (TPSA) is 122 Å². The lowest BCUT2D eigenvalue weighted by Crippen LogP contribution is -2.48. The van der Waals surface area contributed by atoms with E-state index in [1.54, 1.807) is 24.3 Å². The summed E-state index contributed by atoms with van der Waals surface area (Å²) in [7, 11) is 0. The van der Waals surface area contributed by atoms with Gasteiger partial charge in [0.05, 0.1) is 17.7 Å². The number of carbonyl (C=O) groups is 4. The molecule has 126 valence electrons. The lowest BCUT2D eigenvalue weighted by Gasteiger charge is -2.24. The predicted molar refractivity (Wildman–Crippen MR) is 84.9 cm³/mol. The molecule has 1 aromatic rings. The molecule has 1 saturated heterocycles. The Morgan fingerprint density at radius 3 is 2.75 bits per heavy atom. The molecule has 1 aromatic carbocycles. The summed E-state index contributed by atoms with van der Waals surface area (Å²) < 4.78 is 0. The lowest BCUT2D eigenvalue weighted by atomic mass is 10.1. The molecule has 24 heavy (non-hydrogen) atoms. The third-order valence-corrected chi connectivity index (χ3v) is 4.33. The van der Waals surface area contributed by atoms with Crippen molar-refractivity contribution >= 4 is 29.3 Å². The number of nitrogens with one attached hydrogen (secondary N) is 2. The average molecular weight is 330 g/mol. The van der Waals surface area contributed by atoms with Gasteiger partial charge >= 0.3 is 0 Å². The van der Waals surface area contributed by atoms with E-state index in [4.69, 9.17) is 5.73 Å². The van der Waals surface area contributed by atoms with E-state index >= 15 is 0 Å². The number of benzene rings is 1. The number of amides is 4. The van der Waals surface area contributed by atoms with Gasteiger partial charge in [-0.25, -0.2) is 0 Å². The van der Waals surface area contributed by atoms with E-state index in [0.29, 0.717) is 30.6 Å². The van der Waals surface area contributed by atoms with Crippen LogP contribution in [0.4, 0.5) is 5.69 Å². The maximum Gasteiger partial charge on any atom is 0.254 e. The molecule has 2 unspecified atom stereocenters. The van der Waals surface area contributed by atoms with Crippen molar-refractivity contribution in [3.8, 4) is 0 Å². The summed E-state index contributed by atoms with van der Waals surface area (Å²) >= 11 is 0. The lowest BCUT2D eigenvalue weighted by molar-refractivity contribution is -0.138. The number of anilines is 1. The van der Waals surface area contributed by atoms with Crippen molar-refractivity contribution in [2.75, 3.05) is 11.9 Å². The quantitative estimate of drug-likeness (QED) is 0.698. The highest BCUT2D eigenvalue weighted by Crippen LogP contribution is 2.21. The van der Waals surface area contributed by atoms with Gasteiger partial charge < -0.3 is 21.3 Å². The summed E-state index contributed by atoms with van der Waals surface area (Å²) in [6, 6.07) is 4.99. The van der Waals surface area contributed by atoms with Crippen molar-refractivity contribution in [3.63, 3.8) is 0 Å². The first-order chi connectivity index (χ1) is 11.5. The van der Waals surface area contributed by atoms with Crippen molar-refractivity contribution in [3.05, 3.63) is 29.8 Å². The van der Waals surface area contributed by atoms with E-state index in [2.05, 4.69) is 10.6 Å². The fourth-order valence-corrected chi connectivity index (χ4v) is 3.11. The van der Waals surface area contributed by atoms with Crippen molar-refractivity contribution in [1.82, 2.24) is 10.2 Å². The highest BCUT2D eigenvalue weighted by atomic mass is 16.2. The van der Waals surface area contributed by atoms with E-state index in [-0.39, 0.29) is 12.3 Å². The minimum atomic E-state index is -0.994. The minimum Gasteiger partial charge on any atom is -0.368 e. The highest BCUT2D eigenvalue weighted by molar-refractivity contribution is 6.10. The van der Waals surface area contributed by atoms with Crippen LogP contribution in [0.2, 0.25) is 0 Å². The van der Waals surface area contributed by atoms with E-state index in [1.165, 1.54) is 4.90 Å².